The van der Waals surface area contributed by atoms with Crippen LogP contribution < -0.4 is 9.44 Å². The van der Waals surface area contributed by atoms with Crippen molar-refractivity contribution in [1.82, 2.24) is 9.44 Å². The second-order valence-electron chi connectivity index (χ2n) is 8.25. The summed E-state index contributed by atoms with van der Waals surface area (Å²) in [4.78, 5) is 0.400. The van der Waals surface area contributed by atoms with Crippen LogP contribution in [0.3, 0.4) is 0 Å². The Balaban J connectivity index is 1.58. The normalized spacial score (nSPS) is 26.7. The van der Waals surface area contributed by atoms with Gasteiger partial charge in [0, 0.05) is 12.1 Å². The molecule has 0 unspecified atom stereocenters. The molecule has 29 heavy (non-hydrogen) atoms. The Morgan fingerprint density at radius 3 is 1.34 bits per heavy atom. The van der Waals surface area contributed by atoms with Crippen molar-refractivity contribution in [3.05, 3.63) is 59.7 Å². The highest BCUT2D eigenvalue weighted by Gasteiger charge is 2.50. The van der Waals surface area contributed by atoms with E-state index in [0.29, 0.717) is 0 Å². The molecule has 2 saturated carbocycles. The first-order valence-corrected chi connectivity index (χ1v) is 12.8. The van der Waals surface area contributed by atoms with Crippen LogP contribution in [0.25, 0.3) is 0 Å². The van der Waals surface area contributed by atoms with E-state index >= 15 is 0 Å². The predicted molar refractivity (Wildman–Crippen MR) is 111 cm³/mol. The standard InChI is InChI=1S/C21H26N2O4S2/c1-14-3-9-18(10-4-14)28(24,25)22-20-16-7-8-17(13-16)21(20)23-29(26,27)19-11-5-15(2)6-12-19/h3-6,9-12,16-17,20-23H,7-8,13H2,1-2H3/t16-,17+,20-,21-/m1/s1. The van der Waals surface area contributed by atoms with Gasteiger partial charge in [0.25, 0.3) is 0 Å². The highest BCUT2D eigenvalue weighted by atomic mass is 32.2. The summed E-state index contributed by atoms with van der Waals surface area (Å²) < 4.78 is 57.2. The molecule has 8 heteroatoms. The van der Waals surface area contributed by atoms with E-state index in [2.05, 4.69) is 9.44 Å². The SMILES string of the molecule is Cc1ccc(S(=O)(=O)N[C@@H]2[C@@H]3CC[C@@H](C3)[C@H]2NS(=O)(=O)c2ccc(C)cc2)cc1. The van der Waals surface area contributed by atoms with E-state index in [1.54, 1.807) is 48.5 Å². The molecule has 2 aromatic carbocycles. The molecule has 0 amide bonds. The number of rotatable bonds is 6. The van der Waals surface area contributed by atoms with Crippen molar-refractivity contribution in [2.75, 3.05) is 0 Å². The molecule has 0 aliphatic heterocycles. The van der Waals surface area contributed by atoms with E-state index in [4.69, 9.17) is 0 Å². The van der Waals surface area contributed by atoms with Crippen molar-refractivity contribution >= 4 is 20.0 Å². The Morgan fingerprint density at radius 1 is 0.655 bits per heavy atom. The van der Waals surface area contributed by atoms with E-state index in [9.17, 15) is 16.8 Å². The first-order valence-electron chi connectivity index (χ1n) is 9.84. The molecule has 2 aliphatic carbocycles. The molecule has 4 rings (SSSR count). The molecule has 2 bridgehead atoms. The monoisotopic (exact) mass is 434 g/mol. The largest absolute Gasteiger partial charge is 0.240 e. The van der Waals surface area contributed by atoms with E-state index in [1.165, 1.54) is 0 Å². The van der Waals surface area contributed by atoms with E-state index < -0.39 is 32.1 Å². The van der Waals surface area contributed by atoms with Crippen molar-refractivity contribution in [3.63, 3.8) is 0 Å². The molecule has 0 aromatic heterocycles. The molecule has 4 atom stereocenters. The highest BCUT2D eigenvalue weighted by molar-refractivity contribution is 7.90. The Labute approximate surface area is 172 Å². The lowest BCUT2D eigenvalue weighted by Gasteiger charge is -2.32. The lowest BCUT2D eigenvalue weighted by molar-refractivity contribution is 0.323. The Hall–Kier alpha value is -1.74. The van der Waals surface area contributed by atoms with E-state index in [1.807, 2.05) is 13.8 Å². The Kier molecular flexibility index (Phi) is 5.31. The molecule has 2 aromatic rings. The van der Waals surface area contributed by atoms with Gasteiger partial charge in [0.2, 0.25) is 20.0 Å². The van der Waals surface area contributed by atoms with Crippen LogP contribution in [0.15, 0.2) is 58.3 Å². The van der Waals surface area contributed by atoms with Gasteiger partial charge in [0.15, 0.2) is 0 Å². The minimum Gasteiger partial charge on any atom is -0.207 e. The number of hydrogen-bond acceptors (Lipinski definition) is 4. The minimum atomic E-state index is -3.73. The van der Waals surface area contributed by atoms with Crippen LogP contribution in [0.2, 0.25) is 0 Å². The van der Waals surface area contributed by atoms with Gasteiger partial charge in [0.1, 0.15) is 0 Å². The number of benzene rings is 2. The summed E-state index contributed by atoms with van der Waals surface area (Å²) in [6.07, 6.45) is 2.66. The van der Waals surface area contributed by atoms with Crippen LogP contribution in [-0.4, -0.2) is 28.9 Å². The molecule has 2 aliphatic rings. The number of fused-ring (bicyclic) bond motifs is 2. The summed E-state index contributed by atoms with van der Waals surface area (Å²) in [5.74, 6) is 0.289. The van der Waals surface area contributed by atoms with Crippen LogP contribution in [0.1, 0.15) is 30.4 Å². The highest BCUT2D eigenvalue weighted by Crippen LogP contribution is 2.45. The molecule has 0 heterocycles. The van der Waals surface area contributed by atoms with Crippen molar-refractivity contribution in [2.45, 2.75) is 55.0 Å². The zero-order chi connectivity index (χ0) is 20.8. The summed E-state index contributed by atoms with van der Waals surface area (Å²) in [5, 5.41) is 0. The van der Waals surface area contributed by atoms with Crippen LogP contribution in [-0.2, 0) is 20.0 Å². The molecule has 2 N–H and O–H groups in total. The summed E-state index contributed by atoms with van der Waals surface area (Å²) in [7, 11) is -7.45. The van der Waals surface area contributed by atoms with Gasteiger partial charge in [-0.1, -0.05) is 35.4 Å². The number of nitrogens with one attached hydrogen (secondary N) is 2. The van der Waals surface area contributed by atoms with Gasteiger partial charge in [-0.2, -0.15) is 0 Å². The van der Waals surface area contributed by atoms with Crippen LogP contribution >= 0.6 is 0 Å². The van der Waals surface area contributed by atoms with Crippen LogP contribution in [0.5, 0.6) is 0 Å². The maximum atomic E-state index is 12.9. The summed E-state index contributed by atoms with van der Waals surface area (Å²) in [5.41, 5.74) is 1.96. The maximum absolute atomic E-state index is 12.9. The summed E-state index contributed by atoms with van der Waals surface area (Å²) >= 11 is 0. The van der Waals surface area contributed by atoms with Crippen LogP contribution in [0, 0.1) is 25.7 Å². The van der Waals surface area contributed by atoms with Gasteiger partial charge in [-0.25, -0.2) is 26.3 Å². The van der Waals surface area contributed by atoms with Gasteiger partial charge in [-0.15, -0.1) is 0 Å². The third-order valence-corrected chi connectivity index (χ3v) is 9.11. The fourth-order valence-corrected chi connectivity index (χ4v) is 7.22. The van der Waals surface area contributed by atoms with Crippen molar-refractivity contribution < 1.29 is 16.8 Å². The minimum absolute atomic E-state index is 0.144. The summed E-state index contributed by atoms with van der Waals surface area (Å²) in [6, 6.07) is 12.5. The fraction of sp³-hybridized carbons (Fsp3) is 0.429. The second-order valence-corrected chi connectivity index (χ2v) is 11.7. The van der Waals surface area contributed by atoms with E-state index in [0.717, 1.165) is 30.4 Å². The predicted octanol–water partition coefficient (Wildman–Crippen LogP) is 2.73. The molecule has 0 saturated heterocycles. The molecular weight excluding hydrogens is 408 g/mol. The maximum Gasteiger partial charge on any atom is 0.240 e. The number of sulfonamides is 2. The number of hydrogen-bond donors (Lipinski definition) is 2. The first-order chi connectivity index (χ1) is 13.7. The second kappa shape index (κ2) is 7.50. The van der Waals surface area contributed by atoms with Gasteiger partial charge < -0.3 is 0 Å². The number of aryl methyl sites for hydroxylation is 2. The van der Waals surface area contributed by atoms with Gasteiger partial charge in [0.05, 0.1) is 9.79 Å². The van der Waals surface area contributed by atoms with Gasteiger partial charge >= 0.3 is 0 Å². The third kappa shape index (κ3) is 4.12. The lowest BCUT2D eigenvalue weighted by Crippen LogP contribution is -2.54. The Bertz CT molecular complexity index is 1000. The molecule has 6 nitrogen and oxygen atoms in total. The average Bonchev–Trinajstić information content (AvgIpc) is 3.25. The average molecular weight is 435 g/mol. The third-order valence-electron chi connectivity index (χ3n) is 6.16. The smallest absolute Gasteiger partial charge is 0.207 e. The quantitative estimate of drug-likeness (QED) is 0.731. The van der Waals surface area contributed by atoms with Gasteiger partial charge in [-0.05, 0) is 69.2 Å². The molecule has 2 fully saturated rings. The molecule has 0 radical (unpaired) electrons. The zero-order valence-electron chi connectivity index (χ0n) is 16.5. The first kappa shape index (κ1) is 20.5. The van der Waals surface area contributed by atoms with Crippen molar-refractivity contribution in [2.24, 2.45) is 11.8 Å². The lowest BCUT2D eigenvalue weighted by atomic mass is 9.92. The van der Waals surface area contributed by atoms with E-state index in [-0.39, 0.29) is 21.6 Å². The molecule has 156 valence electrons. The van der Waals surface area contributed by atoms with Crippen molar-refractivity contribution in [3.8, 4) is 0 Å². The summed E-state index contributed by atoms with van der Waals surface area (Å²) in [6.45, 7) is 3.80. The zero-order valence-corrected chi connectivity index (χ0v) is 18.1. The molecule has 0 spiro atoms. The fourth-order valence-electron chi connectivity index (χ4n) is 4.56. The molecular formula is C21H26N2O4S2. The Morgan fingerprint density at radius 2 is 1.00 bits per heavy atom. The van der Waals surface area contributed by atoms with Crippen LogP contribution in [0.4, 0.5) is 0 Å². The van der Waals surface area contributed by atoms with Gasteiger partial charge in [-0.3, -0.25) is 0 Å². The topological polar surface area (TPSA) is 92.3 Å². The van der Waals surface area contributed by atoms with Crippen molar-refractivity contribution in [1.29, 1.82) is 0 Å².